The summed E-state index contributed by atoms with van der Waals surface area (Å²) in [4.78, 5) is 0. The van der Waals surface area contributed by atoms with E-state index in [0.29, 0.717) is 6.54 Å². The van der Waals surface area contributed by atoms with Crippen molar-refractivity contribution in [2.24, 2.45) is 7.05 Å². The minimum Gasteiger partial charge on any atom is -0.313 e. The normalized spacial score (nSPS) is 21.2. The van der Waals surface area contributed by atoms with Crippen molar-refractivity contribution < 1.29 is 8.42 Å². The number of rotatable bonds is 4. The van der Waals surface area contributed by atoms with Crippen molar-refractivity contribution in [2.75, 3.05) is 20.1 Å². The molecule has 2 rings (SSSR count). The molecule has 1 aliphatic heterocycles. The van der Waals surface area contributed by atoms with Crippen LogP contribution in [-0.4, -0.2) is 48.7 Å². The second kappa shape index (κ2) is 4.75. The Labute approximate surface area is 102 Å². The Balaban J connectivity index is 2.12. The van der Waals surface area contributed by atoms with Gasteiger partial charge in [0.1, 0.15) is 0 Å². The maximum absolute atomic E-state index is 12.2. The molecule has 1 fully saturated rings. The first-order valence-corrected chi connectivity index (χ1v) is 7.13. The van der Waals surface area contributed by atoms with Gasteiger partial charge in [0, 0.05) is 26.7 Å². The molecule has 0 saturated carbocycles. The molecular formula is C10H18N4O2S. The molecule has 1 unspecified atom stereocenters. The third-order valence-corrected chi connectivity index (χ3v) is 4.99. The van der Waals surface area contributed by atoms with Crippen LogP contribution in [-0.2, 0) is 17.1 Å². The molecule has 1 N–H and O–H groups in total. The standard InChI is InChI=1S/C10H18N4O2S/c1-13(8-9-4-3-6-11-9)17(15,16)10-5-7-12-14(10)2/h5,7,9,11H,3-4,6,8H2,1-2H3. The van der Waals surface area contributed by atoms with E-state index in [1.807, 2.05) is 0 Å². The summed E-state index contributed by atoms with van der Waals surface area (Å²) in [6, 6.07) is 1.79. The first-order valence-electron chi connectivity index (χ1n) is 5.69. The molecule has 7 heteroatoms. The lowest BCUT2D eigenvalue weighted by atomic mass is 10.2. The summed E-state index contributed by atoms with van der Waals surface area (Å²) in [7, 11) is -0.173. The number of aryl methyl sites for hydroxylation is 1. The van der Waals surface area contributed by atoms with Crippen LogP contribution in [0, 0.1) is 0 Å². The molecule has 0 amide bonds. The fraction of sp³-hybridized carbons (Fsp3) is 0.700. The number of nitrogens with zero attached hydrogens (tertiary/aromatic N) is 3. The van der Waals surface area contributed by atoms with Crippen LogP contribution in [0.5, 0.6) is 0 Å². The monoisotopic (exact) mass is 258 g/mol. The molecule has 0 spiro atoms. The molecule has 0 aliphatic carbocycles. The molecule has 1 aliphatic rings. The highest BCUT2D eigenvalue weighted by Crippen LogP contribution is 2.15. The van der Waals surface area contributed by atoms with Crippen LogP contribution in [0.1, 0.15) is 12.8 Å². The zero-order valence-electron chi connectivity index (χ0n) is 10.1. The van der Waals surface area contributed by atoms with Crippen molar-refractivity contribution in [2.45, 2.75) is 23.9 Å². The van der Waals surface area contributed by atoms with Crippen molar-refractivity contribution in [3.8, 4) is 0 Å². The van der Waals surface area contributed by atoms with Crippen LogP contribution >= 0.6 is 0 Å². The third-order valence-electron chi connectivity index (χ3n) is 3.09. The van der Waals surface area contributed by atoms with Crippen molar-refractivity contribution in [3.63, 3.8) is 0 Å². The van der Waals surface area contributed by atoms with Gasteiger partial charge in [0.2, 0.25) is 0 Å². The summed E-state index contributed by atoms with van der Waals surface area (Å²) >= 11 is 0. The van der Waals surface area contributed by atoms with E-state index in [-0.39, 0.29) is 11.1 Å². The van der Waals surface area contributed by atoms with Gasteiger partial charge in [0.15, 0.2) is 5.03 Å². The van der Waals surface area contributed by atoms with E-state index in [4.69, 9.17) is 0 Å². The van der Waals surface area contributed by atoms with Crippen LogP contribution in [0.15, 0.2) is 17.3 Å². The van der Waals surface area contributed by atoms with E-state index < -0.39 is 10.0 Å². The van der Waals surface area contributed by atoms with E-state index in [1.54, 1.807) is 14.1 Å². The summed E-state index contributed by atoms with van der Waals surface area (Å²) in [6.07, 6.45) is 3.64. The second-order valence-electron chi connectivity index (χ2n) is 4.37. The second-order valence-corrected chi connectivity index (χ2v) is 6.36. The predicted octanol–water partition coefficient (Wildman–Crippen LogP) is -0.207. The van der Waals surface area contributed by atoms with Crippen molar-refractivity contribution >= 4 is 10.0 Å². The fourth-order valence-corrected chi connectivity index (χ4v) is 3.40. The number of hydrogen-bond donors (Lipinski definition) is 1. The average molecular weight is 258 g/mol. The first kappa shape index (κ1) is 12.5. The lowest BCUT2D eigenvalue weighted by Crippen LogP contribution is -2.39. The summed E-state index contributed by atoms with van der Waals surface area (Å²) in [5.41, 5.74) is 0. The van der Waals surface area contributed by atoms with Crippen molar-refractivity contribution in [3.05, 3.63) is 12.3 Å². The smallest absolute Gasteiger partial charge is 0.260 e. The molecule has 17 heavy (non-hydrogen) atoms. The Morgan fingerprint density at radius 2 is 2.41 bits per heavy atom. The van der Waals surface area contributed by atoms with Gasteiger partial charge in [-0.25, -0.2) is 8.42 Å². The Morgan fingerprint density at radius 3 is 2.94 bits per heavy atom. The molecule has 1 aromatic rings. The van der Waals surface area contributed by atoms with Gasteiger partial charge in [-0.05, 0) is 25.5 Å². The fourth-order valence-electron chi connectivity index (χ4n) is 2.10. The minimum atomic E-state index is -3.42. The quantitative estimate of drug-likeness (QED) is 0.811. The number of hydrogen-bond acceptors (Lipinski definition) is 4. The summed E-state index contributed by atoms with van der Waals surface area (Å²) in [6.45, 7) is 1.48. The van der Waals surface area contributed by atoms with Crippen molar-refractivity contribution in [1.29, 1.82) is 0 Å². The molecule has 6 nitrogen and oxygen atoms in total. The first-order chi connectivity index (χ1) is 8.01. The number of sulfonamides is 1. The maximum Gasteiger partial charge on any atom is 0.260 e. The van der Waals surface area contributed by atoms with Gasteiger partial charge in [-0.15, -0.1) is 0 Å². The molecule has 2 heterocycles. The predicted molar refractivity (Wildman–Crippen MR) is 64.0 cm³/mol. The summed E-state index contributed by atoms with van der Waals surface area (Å²) in [5.74, 6) is 0. The SMILES string of the molecule is CN(CC1CCCN1)S(=O)(=O)c1ccnn1C. The highest BCUT2D eigenvalue weighted by atomic mass is 32.2. The average Bonchev–Trinajstić information content (AvgIpc) is 2.89. The molecule has 96 valence electrons. The lowest BCUT2D eigenvalue weighted by molar-refractivity contribution is 0.412. The van der Waals surface area contributed by atoms with Crippen molar-refractivity contribution in [1.82, 2.24) is 19.4 Å². The molecule has 1 atom stereocenters. The Bertz CT molecular complexity index is 476. The van der Waals surface area contributed by atoms with E-state index in [9.17, 15) is 8.42 Å². The van der Waals surface area contributed by atoms with Crippen LogP contribution in [0.4, 0.5) is 0 Å². The lowest BCUT2D eigenvalue weighted by Gasteiger charge is -2.20. The van der Waals surface area contributed by atoms with Gasteiger partial charge in [0.05, 0.1) is 6.20 Å². The van der Waals surface area contributed by atoms with Crippen LogP contribution in [0.25, 0.3) is 0 Å². The maximum atomic E-state index is 12.2. The van der Waals surface area contributed by atoms with Gasteiger partial charge in [-0.2, -0.15) is 9.40 Å². The van der Waals surface area contributed by atoms with Gasteiger partial charge < -0.3 is 5.32 Å². The highest BCUT2D eigenvalue weighted by Gasteiger charge is 2.27. The van der Waals surface area contributed by atoms with Gasteiger partial charge >= 0.3 is 0 Å². The van der Waals surface area contributed by atoms with Crippen LogP contribution in [0.3, 0.4) is 0 Å². The third kappa shape index (κ3) is 2.51. The molecule has 1 aromatic heterocycles. The Kier molecular flexibility index (Phi) is 3.50. The number of likely N-dealkylation sites (N-methyl/N-ethyl adjacent to an activating group) is 1. The molecule has 0 aromatic carbocycles. The zero-order valence-corrected chi connectivity index (χ0v) is 10.9. The molecule has 1 saturated heterocycles. The largest absolute Gasteiger partial charge is 0.313 e. The van der Waals surface area contributed by atoms with E-state index in [2.05, 4.69) is 10.4 Å². The molecular weight excluding hydrogens is 240 g/mol. The number of nitrogens with one attached hydrogen (secondary N) is 1. The minimum absolute atomic E-state index is 0.234. The number of aromatic nitrogens is 2. The Hall–Kier alpha value is -0.920. The van der Waals surface area contributed by atoms with E-state index in [0.717, 1.165) is 19.4 Å². The van der Waals surface area contributed by atoms with Gasteiger partial charge in [0.25, 0.3) is 10.0 Å². The van der Waals surface area contributed by atoms with Gasteiger partial charge in [-0.1, -0.05) is 0 Å². The van der Waals surface area contributed by atoms with Crippen LogP contribution in [0.2, 0.25) is 0 Å². The zero-order chi connectivity index (χ0) is 12.5. The Morgan fingerprint density at radius 1 is 1.65 bits per heavy atom. The topological polar surface area (TPSA) is 67.2 Å². The van der Waals surface area contributed by atoms with Crippen LogP contribution < -0.4 is 5.32 Å². The van der Waals surface area contributed by atoms with Gasteiger partial charge in [-0.3, -0.25) is 4.68 Å². The van der Waals surface area contributed by atoms with E-state index in [1.165, 1.54) is 21.3 Å². The highest BCUT2D eigenvalue weighted by molar-refractivity contribution is 7.89. The summed E-state index contributed by atoms with van der Waals surface area (Å²) < 4.78 is 27.3. The summed E-state index contributed by atoms with van der Waals surface area (Å²) in [5, 5.41) is 7.42. The molecule has 0 bridgehead atoms. The molecule has 0 radical (unpaired) electrons. The van der Waals surface area contributed by atoms with E-state index >= 15 is 0 Å².